The van der Waals surface area contributed by atoms with Gasteiger partial charge in [0, 0.05) is 31.7 Å². The number of sulfonamides is 1. The molecule has 2 aliphatic rings. The summed E-state index contributed by atoms with van der Waals surface area (Å²) in [6.45, 7) is 5.29. The van der Waals surface area contributed by atoms with Gasteiger partial charge in [0.05, 0.1) is 12.4 Å². The summed E-state index contributed by atoms with van der Waals surface area (Å²) in [5, 5.41) is 3.30. The van der Waals surface area contributed by atoms with E-state index in [0.29, 0.717) is 19.0 Å². The molecule has 0 amide bonds. The molecule has 2 saturated heterocycles. The highest BCUT2D eigenvalue weighted by Gasteiger charge is 2.43. The quantitative estimate of drug-likeness (QED) is 0.825. The highest BCUT2D eigenvalue weighted by atomic mass is 32.2. The predicted molar refractivity (Wildman–Crippen MR) is 80.1 cm³/mol. The maximum absolute atomic E-state index is 11.7. The molecule has 0 radical (unpaired) electrons. The van der Waals surface area contributed by atoms with Crippen molar-refractivity contribution in [3.05, 3.63) is 0 Å². The summed E-state index contributed by atoms with van der Waals surface area (Å²) in [7, 11) is -1.07. The van der Waals surface area contributed by atoms with Crippen LogP contribution in [-0.2, 0) is 14.8 Å². The van der Waals surface area contributed by atoms with E-state index in [4.69, 9.17) is 4.74 Å². The molecule has 1 N–H and O–H groups in total. The van der Waals surface area contributed by atoms with Crippen molar-refractivity contribution in [2.24, 2.45) is 11.3 Å². The zero-order valence-electron chi connectivity index (χ0n) is 12.9. The highest BCUT2D eigenvalue weighted by Crippen LogP contribution is 2.42. The Hall–Kier alpha value is -0.170. The third-order valence-electron chi connectivity index (χ3n) is 5.00. The lowest BCUT2D eigenvalue weighted by Gasteiger charge is -2.39. The number of piperidine rings is 1. The van der Waals surface area contributed by atoms with E-state index in [-0.39, 0.29) is 11.5 Å². The van der Waals surface area contributed by atoms with Gasteiger partial charge in [0.15, 0.2) is 0 Å². The van der Waals surface area contributed by atoms with Crippen LogP contribution in [0.25, 0.3) is 0 Å². The zero-order valence-corrected chi connectivity index (χ0v) is 13.7. The Bertz CT molecular complexity index is 426. The molecule has 0 aromatic carbocycles. The van der Waals surface area contributed by atoms with Crippen molar-refractivity contribution in [1.82, 2.24) is 9.62 Å². The van der Waals surface area contributed by atoms with Crippen LogP contribution in [-0.4, -0.2) is 58.4 Å². The second-order valence-corrected chi connectivity index (χ2v) is 8.47. The first-order chi connectivity index (χ1) is 9.37. The molecule has 6 heteroatoms. The van der Waals surface area contributed by atoms with Crippen molar-refractivity contribution < 1.29 is 13.2 Å². The Morgan fingerprint density at radius 2 is 2.20 bits per heavy atom. The lowest BCUT2D eigenvalue weighted by Crippen LogP contribution is -2.45. The molecule has 2 aliphatic heterocycles. The Balaban J connectivity index is 2.04. The van der Waals surface area contributed by atoms with Gasteiger partial charge in [-0.15, -0.1) is 0 Å². The number of nitrogens with zero attached hydrogens (tertiary/aromatic N) is 1. The van der Waals surface area contributed by atoms with Crippen molar-refractivity contribution in [2.75, 3.05) is 39.5 Å². The van der Waals surface area contributed by atoms with Crippen molar-refractivity contribution in [3.8, 4) is 0 Å². The third kappa shape index (κ3) is 3.53. The van der Waals surface area contributed by atoms with E-state index in [1.165, 1.54) is 6.26 Å². The molecule has 20 heavy (non-hydrogen) atoms. The molecular formula is C14H28N2O3S. The van der Waals surface area contributed by atoms with Crippen LogP contribution in [0.2, 0.25) is 0 Å². The van der Waals surface area contributed by atoms with Gasteiger partial charge in [-0.1, -0.05) is 0 Å². The van der Waals surface area contributed by atoms with Gasteiger partial charge in [-0.2, -0.15) is 0 Å². The number of hydrogen-bond donors (Lipinski definition) is 1. The minimum Gasteiger partial charge on any atom is -0.378 e. The van der Waals surface area contributed by atoms with Crippen molar-refractivity contribution in [1.29, 1.82) is 0 Å². The fourth-order valence-electron chi connectivity index (χ4n) is 3.81. The third-order valence-corrected chi connectivity index (χ3v) is 6.27. The molecule has 0 saturated carbocycles. The van der Waals surface area contributed by atoms with Gasteiger partial charge >= 0.3 is 0 Å². The molecule has 0 aliphatic carbocycles. The lowest BCUT2D eigenvalue weighted by atomic mass is 9.72. The topological polar surface area (TPSA) is 58.6 Å². The molecule has 3 atom stereocenters. The largest absolute Gasteiger partial charge is 0.378 e. The van der Waals surface area contributed by atoms with Crippen molar-refractivity contribution >= 4 is 10.0 Å². The van der Waals surface area contributed by atoms with Crippen molar-refractivity contribution in [3.63, 3.8) is 0 Å². The first kappa shape index (κ1) is 16.2. The average molecular weight is 304 g/mol. The number of rotatable bonds is 5. The fourth-order valence-corrected chi connectivity index (χ4v) is 4.76. The summed E-state index contributed by atoms with van der Waals surface area (Å²) in [5.41, 5.74) is 0.167. The van der Waals surface area contributed by atoms with Crippen LogP contribution < -0.4 is 5.32 Å². The van der Waals surface area contributed by atoms with E-state index in [1.54, 1.807) is 4.31 Å². The van der Waals surface area contributed by atoms with E-state index >= 15 is 0 Å². The van der Waals surface area contributed by atoms with Crippen LogP contribution in [0.4, 0.5) is 0 Å². The molecule has 118 valence electrons. The van der Waals surface area contributed by atoms with E-state index < -0.39 is 10.0 Å². The predicted octanol–water partition coefficient (Wildman–Crippen LogP) is 1.06. The van der Waals surface area contributed by atoms with Crippen LogP contribution in [0.3, 0.4) is 0 Å². The Morgan fingerprint density at radius 1 is 1.45 bits per heavy atom. The van der Waals surface area contributed by atoms with Gasteiger partial charge < -0.3 is 10.1 Å². The molecule has 0 bridgehead atoms. The number of nitrogens with one attached hydrogen (secondary N) is 1. The second-order valence-electron chi connectivity index (χ2n) is 6.49. The summed E-state index contributed by atoms with van der Waals surface area (Å²) in [4.78, 5) is 0. The van der Waals surface area contributed by atoms with E-state index in [1.807, 2.05) is 7.05 Å². The molecule has 2 heterocycles. The van der Waals surface area contributed by atoms with Crippen molar-refractivity contribution in [2.45, 2.75) is 38.7 Å². The molecule has 2 fully saturated rings. The highest BCUT2D eigenvalue weighted by molar-refractivity contribution is 7.88. The van der Waals surface area contributed by atoms with Gasteiger partial charge in [-0.25, -0.2) is 12.7 Å². The van der Waals surface area contributed by atoms with Crippen LogP contribution in [0.15, 0.2) is 0 Å². The smallest absolute Gasteiger partial charge is 0.211 e. The molecule has 0 aromatic heterocycles. The first-order valence-electron chi connectivity index (χ1n) is 7.59. The van der Waals surface area contributed by atoms with E-state index in [0.717, 1.165) is 38.8 Å². The minimum absolute atomic E-state index is 0.167. The Morgan fingerprint density at radius 3 is 2.75 bits per heavy atom. The van der Waals surface area contributed by atoms with Crippen LogP contribution in [0, 0.1) is 11.3 Å². The maximum Gasteiger partial charge on any atom is 0.211 e. The monoisotopic (exact) mass is 304 g/mol. The summed E-state index contributed by atoms with van der Waals surface area (Å²) >= 11 is 0. The number of ether oxygens (including phenoxy) is 1. The van der Waals surface area contributed by atoms with Crippen LogP contribution >= 0.6 is 0 Å². The van der Waals surface area contributed by atoms with E-state index in [9.17, 15) is 8.42 Å². The summed E-state index contributed by atoms with van der Waals surface area (Å²) < 4.78 is 30.9. The Kier molecular flexibility index (Phi) is 5.10. The molecule has 3 unspecified atom stereocenters. The summed E-state index contributed by atoms with van der Waals surface area (Å²) in [6, 6.07) is 0. The van der Waals surface area contributed by atoms with Gasteiger partial charge in [0.25, 0.3) is 0 Å². The molecule has 0 aromatic rings. The first-order valence-corrected chi connectivity index (χ1v) is 9.43. The van der Waals surface area contributed by atoms with Crippen LogP contribution in [0.1, 0.15) is 32.6 Å². The summed E-state index contributed by atoms with van der Waals surface area (Å²) in [6.07, 6.45) is 5.81. The van der Waals surface area contributed by atoms with Gasteiger partial charge in [0.2, 0.25) is 10.0 Å². The molecule has 2 rings (SSSR count). The normalized spacial score (nSPS) is 36.4. The molecule has 0 spiro atoms. The van der Waals surface area contributed by atoms with Gasteiger partial charge in [-0.05, 0) is 45.6 Å². The number of hydrogen-bond acceptors (Lipinski definition) is 4. The zero-order chi connectivity index (χ0) is 14.8. The molecule has 5 nitrogen and oxygen atoms in total. The maximum atomic E-state index is 11.7. The lowest BCUT2D eigenvalue weighted by molar-refractivity contribution is 0.0441. The van der Waals surface area contributed by atoms with Gasteiger partial charge in [-0.3, -0.25) is 0 Å². The second kappa shape index (κ2) is 6.30. The van der Waals surface area contributed by atoms with E-state index in [2.05, 4.69) is 12.2 Å². The minimum atomic E-state index is -3.05. The van der Waals surface area contributed by atoms with Gasteiger partial charge in [0.1, 0.15) is 0 Å². The Labute approximate surface area is 123 Å². The SMILES string of the molecule is CNCC1(CC2CCCN(S(C)(=O)=O)C2)CCOC1C. The van der Waals surface area contributed by atoms with Crippen LogP contribution in [0.5, 0.6) is 0 Å². The average Bonchev–Trinajstić information content (AvgIpc) is 2.71. The molecular weight excluding hydrogens is 276 g/mol. The summed E-state index contributed by atoms with van der Waals surface area (Å²) in [5.74, 6) is 0.455. The fraction of sp³-hybridized carbons (Fsp3) is 1.00. The standard InChI is InChI=1S/C14H28N2O3S/c1-12-14(11-15-2,6-8-19-12)9-13-5-4-7-16(10-13)20(3,17)18/h12-13,15H,4-11H2,1-3H3.